The largest absolute Gasteiger partial charge is 0.497 e. The first-order chi connectivity index (χ1) is 14.0. The summed E-state index contributed by atoms with van der Waals surface area (Å²) < 4.78 is 10.8. The fourth-order valence-electron chi connectivity index (χ4n) is 3.79. The second kappa shape index (κ2) is 9.99. The number of carbonyl (C=O) groups excluding carboxylic acids is 1. The van der Waals surface area contributed by atoms with Gasteiger partial charge in [-0.25, -0.2) is 0 Å². The second-order valence-corrected chi connectivity index (χ2v) is 7.95. The van der Waals surface area contributed by atoms with Crippen LogP contribution in [0, 0.1) is 5.92 Å². The molecule has 1 heterocycles. The average Bonchev–Trinajstić information content (AvgIpc) is 2.75. The molecular weight excluding hydrogens is 388 g/mol. The third-order valence-corrected chi connectivity index (χ3v) is 5.79. The van der Waals surface area contributed by atoms with E-state index >= 15 is 0 Å². The monoisotopic (exact) mass is 416 g/mol. The maximum absolute atomic E-state index is 12.8. The zero-order chi connectivity index (χ0) is 20.8. The third kappa shape index (κ3) is 5.64. The second-order valence-electron chi connectivity index (χ2n) is 7.52. The number of hydrogen-bond acceptors (Lipinski definition) is 4. The predicted octanol–water partition coefficient (Wildman–Crippen LogP) is 4.45. The summed E-state index contributed by atoms with van der Waals surface area (Å²) in [6.45, 7) is 4.70. The Hall–Kier alpha value is -2.24. The van der Waals surface area contributed by atoms with E-state index in [1.807, 2.05) is 37.3 Å². The van der Waals surface area contributed by atoms with Crippen LogP contribution in [0.15, 0.2) is 42.5 Å². The smallest absolute Gasteiger partial charge is 0.223 e. The minimum absolute atomic E-state index is 0.0375. The van der Waals surface area contributed by atoms with Gasteiger partial charge in [-0.2, -0.15) is 0 Å². The summed E-state index contributed by atoms with van der Waals surface area (Å²) in [4.78, 5) is 15.2. The van der Waals surface area contributed by atoms with Gasteiger partial charge in [-0.1, -0.05) is 23.7 Å². The summed E-state index contributed by atoms with van der Waals surface area (Å²) in [5, 5.41) is 3.91. The van der Waals surface area contributed by atoms with Gasteiger partial charge >= 0.3 is 0 Å². The van der Waals surface area contributed by atoms with Crippen LogP contribution in [0.25, 0.3) is 0 Å². The van der Waals surface area contributed by atoms with Gasteiger partial charge < -0.3 is 14.8 Å². The lowest BCUT2D eigenvalue weighted by atomic mass is 9.94. The van der Waals surface area contributed by atoms with Crippen molar-refractivity contribution in [2.75, 3.05) is 27.3 Å². The lowest BCUT2D eigenvalue weighted by Gasteiger charge is -2.32. The zero-order valence-electron chi connectivity index (χ0n) is 17.3. The minimum Gasteiger partial charge on any atom is -0.497 e. The molecule has 1 unspecified atom stereocenters. The van der Waals surface area contributed by atoms with E-state index in [9.17, 15) is 4.79 Å². The van der Waals surface area contributed by atoms with Crippen LogP contribution >= 0.6 is 11.6 Å². The molecule has 0 aromatic heterocycles. The molecule has 1 saturated heterocycles. The number of benzene rings is 2. The number of methoxy groups -OCH3 is 2. The van der Waals surface area contributed by atoms with E-state index in [4.69, 9.17) is 21.1 Å². The summed E-state index contributed by atoms with van der Waals surface area (Å²) in [7, 11) is 3.27. The Morgan fingerprint density at radius 3 is 2.45 bits per heavy atom. The quantitative estimate of drug-likeness (QED) is 0.724. The normalized spacial score (nSPS) is 16.3. The van der Waals surface area contributed by atoms with Crippen LogP contribution in [-0.2, 0) is 11.3 Å². The number of rotatable bonds is 7. The van der Waals surface area contributed by atoms with Gasteiger partial charge in [-0.3, -0.25) is 9.69 Å². The molecule has 0 spiro atoms. The van der Waals surface area contributed by atoms with Crippen molar-refractivity contribution in [3.05, 3.63) is 58.6 Å². The van der Waals surface area contributed by atoms with Crippen molar-refractivity contribution in [3.63, 3.8) is 0 Å². The van der Waals surface area contributed by atoms with Crippen molar-refractivity contribution in [2.24, 2.45) is 5.92 Å². The highest BCUT2D eigenvalue weighted by atomic mass is 35.5. The van der Waals surface area contributed by atoms with Gasteiger partial charge in [0.25, 0.3) is 0 Å². The highest BCUT2D eigenvalue weighted by Gasteiger charge is 2.26. The van der Waals surface area contributed by atoms with Crippen LogP contribution in [0.5, 0.6) is 11.5 Å². The summed E-state index contributed by atoms with van der Waals surface area (Å²) in [5.74, 6) is 1.64. The first kappa shape index (κ1) is 21.5. The summed E-state index contributed by atoms with van der Waals surface area (Å²) in [5.41, 5.74) is 2.16. The zero-order valence-corrected chi connectivity index (χ0v) is 18.0. The van der Waals surface area contributed by atoms with E-state index < -0.39 is 0 Å². The summed E-state index contributed by atoms with van der Waals surface area (Å²) in [6, 6.07) is 13.4. The van der Waals surface area contributed by atoms with Crippen molar-refractivity contribution in [3.8, 4) is 11.5 Å². The molecule has 1 aliphatic heterocycles. The number of nitrogens with one attached hydrogen (secondary N) is 1. The fourth-order valence-corrected chi connectivity index (χ4v) is 3.91. The molecule has 0 aliphatic carbocycles. The fraction of sp³-hybridized carbons (Fsp3) is 0.435. The van der Waals surface area contributed by atoms with Crippen molar-refractivity contribution in [1.29, 1.82) is 0 Å². The molecule has 3 rings (SSSR count). The number of amides is 1. The lowest BCUT2D eigenvalue weighted by Crippen LogP contribution is -2.40. The summed E-state index contributed by atoms with van der Waals surface area (Å²) >= 11 is 5.96. The molecule has 1 amide bonds. The Morgan fingerprint density at radius 2 is 1.83 bits per heavy atom. The topological polar surface area (TPSA) is 50.8 Å². The molecule has 1 fully saturated rings. The number of nitrogens with zero attached hydrogens (tertiary/aromatic N) is 1. The molecule has 6 heteroatoms. The number of ether oxygens (including phenoxy) is 2. The van der Waals surface area contributed by atoms with Crippen molar-refractivity contribution >= 4 is 17.5 Å². The SMILES string of the molecule is COc1ccc(OC)c(C(C)NC(=O)C2CCN(Cc3ccc(Cl)cc3)CC2)c1. The van der Waals surface area contributed by atoms with Crippen molar-refractivity contribution in [2.45, 2.75) is 32.4 Å². The third-order valence-electron chi connectivity index (χ3n) is 5.54. The minimum atomic E-state index is -0.153. The molecule has 1 aliphatic rings. The number of carbonyl (C=O) groups is 1. The highest BCUT2D eigenvalue weighted by molar-refractivity contribution is 6.30. The van der Waals surface area contributed by atoms with Crippen LogP contribution in [0.2, 0.25) is 5.02 Å². The Kier molecular flexibility index (Phi) is 7.40. The van der Waals surface area contributed by atoms with E-state index in [-0.39, 0.29) is 17.9 Å². The van der Waals surface area contributed by atoms with Crippen molar-refractivity contribution < 1.29 is 14.3 Å². The Labute approximate surface area is 177 Å². The standard InChI is InChI=1S/C23H29ClN2O3/c1-16(21-14-20(28-2)8-9-22(21)29-3)25-23(27)18-10-12-26(13-11-18)15-17-4-6-19(24)7-5-17/h4-9,14,16,18H,10-13,15H2,1-3H3,(H,25,27). The Morgan fingerprint density at radius 1 is 1.14 bits per heavy atom. The van der Waals surface area contributed by atoms with Gasteiger partial charge in [-0.15, -0.1) is 0 Å². The van der Waals surface area contributed by atoms with Gasteiger partial charge in [0.1, 0.15) is 11.5 Å². The van der Waals surface area contributed by atoms with Crippen LogP contribution < -0.4 is 14.8 Å². The van der Waals surface area contributed by atoms with Crippen LogP contribution in [-0.4, -0.2) is 38.1 Å². The van der Waals surface area contributed by atoms with Gasteiger partial charge in [0, 0.05) is 23.0 Å². The molecule has 156 valence electrons. The number of halogens is 1. The molecule has 1 N–H and O–H groups in total. The van der Waals surface area contributed by atoms with Gasteiger partial charge in [0.05, 0.1) is 20.3 Å². The Balaban J connectivity index is 1.53. The molecule has 0 bridgehead atoms. The molecule has 2 aromatic carbocycles. The van der Waals surface area contributed by atoms with Gasteiger partial charge in [0.2, 0.25) is 5.91 Å². The van der Waals surface area contributed by atoms with Crippen LogP contribution in [0.4, 0.5) is 0 Å². The van der Waals surface area contributed by atoms with E-state index in [0.717, 1.165) is 54.6 Å². The molecule has 1 atom stereocenters. The molecule has 5 nitrogen and oxygen atoms in total. The lowest BCUT2D eigenvalue weighted by molar-refractivity contribution is -0.127. The number of piperidine rings is 1. The van der Waals surface area contributed by atoms with E-state index in [1.54, 1.807) is 14.2 Å². The van der Waals surface area contributed by atoms with Crippen LogP contribution in [0.3, 0.4) is 0 Å². The number of likely N-dealkylation sites (tertiary alicyclic amines) is 1. The van der Waals surface area contributed by atoms with Gasteiger partial charge in [-0.05, 0) is 68.8 Å². The van der Waals surface area contributed by atoms with Crippen LogP contribution in [0.1, 0.15) is 36.9 Å². The summed E-state index contributed by atoms with van der Waals surface area (Å²) in [6.07, 6.45) is 1.72. The maximum Gasteiger partial charge on any atom is 0.223 e. The molecular formula is C23H29ClN2O3. The first-order valence-corrected chi connectivity index (χ1v) is 10.4. The van der Waals surface area contributed by atoms with Gasteiger partial charge in [0.15, 0.2) is 0 Å². The van der Waals surface area contributed by atoms with Crippen molar-refractivity contribution in [1.82, 2.24) is 10.2 Å². The van der Waals surface area contributed by atoms with E-state index in [1.165, 1.54) is 5.56 Å². The molecule has 29 heavy (non-hydrogen) atoms. The Bertz CT molecular complexity index is 817. The molecule has 2 aromatic rings. The predicted molar refractivity (Wildman–Crippen MR) is 116 cm³/mol. The highest BCUT2D eigenvalue weighted by Crippen LogP contribution is 2.30. The maximum atomic E-state index is 12.8. The average molecular weight is 417 g/mol. The molecule has 0 saturated carbocycles. The molecule has 0 radical (unpaired) electrons. The first-order valence-electron chi connectivity index (χ1n) is 9.99. The number of hydrogen-bond donors (Lipinski definition) is 1. The van der Waals surface area contributed by atoms with E-state index in [2.05, 4.69) is 22.3 Å². The van der Waals surface area contributed by atoms with E-state index in [0.29, 0.717) is 0 Å².